The van der Waals surface area contributed by atoms with E-state index in [0.717, 1.165) is 17.0 Å². The van der Waals surface area contributed by atoms with E-state index in [2.05, 4.69) is 10.4 Å². The molecular weight excluding hydrogens is 342 g/mol. The lowest BCUT2D eigenvalue weighted by Gasteiger charge is -2.07. The molecule has 0 radical (unpaired) electrons. The van der Waals surface area contributed by atoms with E-state index in [-0.39, 0.29) is 24.8 Å². The molecule has 0 saturated carbocycles. The Bertz CT molecular complexity index is 866. The molecule has 0 aliphatic rings. The molecule has 1 N–H and O–H groups in total. The normalized spacial score (nSPS) is 10.7. The molecule has 0 saturated heterocycles. The first-order chi connectivity index (χ1) is 12.0. The maximum Gasteiger partial charge on any atom is 0.287 e. The van der Waals surface area contributed by atoms with Gasteiger partial charge in [0, 0.05) is 7.05 Å². The molecular formula is C18H18ClN3O3. The number of aryl methyl sites for hydroxylation is 2. The Hall–Kier alpha value is -2.73. The summed E-state index contributed by atoms with van der Waals surface area (Å²) in [5, 5.41) is 7.29. The lowest BCUT2D eigenvalue weighted by molar-refractivity contribution is 0.0918. The molecule has 0 aliphatic carbocycles. The zero-order valence-corrected chi connectivity index (χ0v) is 14.7. The first-order valence-corrected chi connectivity index (χ1v) is 8.14. The van der Waals surface area contributed by atoms with Crippen LogP contribution in [0.1, 0.15) is 27.6 Å². The molecule has 6 nitrogen and oxygen atoms in total. The number of benzene rings is 1. The Morgan fingerprint density at radius 2 is 2.12 bits per heavy atom. The Labute approximate surface area is 150 Å². The highest BCUT2D eigenvalue weighted by Crippen LogP contribution is 2.19. The van der Waals surface area contributed by atoms with E-state index in [1.54, 1.807) is 23.9 Å². The predicted octanol–water partition coefficient (Wildman–Crippen LogP) is 3.48. The van der Waals surface area contributed by atoms with Crippen LogP contribution in [-0.4, -0.2) is 15.7 Å². The number of ether oxygens (including phenoxy) is 1. The zero-order chi connectivity index (χ0) is 17.8. The van der Waals surface area contributed by atoms with Gasteiger partial charge < -0.3 is 14.5 Å². The third-order valence-electron chi connectivity index (χ3n) is 3.78. The van der Waals surface area contributed by atoms with Crippen LogP contribution in [0.3, 0.4) is 0 Å². The molecule has 3 rings (SSSR count). The highest BCUT2D eigenvalue weighted by Gasteiger charge is 2.14. The van der Waals surface area contributed by atoms with Crippen molar-refractivity contribution in [2.24, 2.45) is 7.05 Å². The molecule has 1 amide bonds. The smallest absolute Gasteiger partial charge is 0.287 e. The van der Waals surface area contributed by atoms with Gasteiger partial charge >= 0.3 is 0 Å². The van der Waals surface area contributed by atoms with Crippen LogP contribution in [0.25, 0.3) is 0 Å². The number of para-hydroxylation sites is 1. The molecule has 25 heavy (non-hydrogen) atoms. The van der Waals surface area contributed by atoms with Crippen LogP contribution >= 0.6 is 11.6 Å². The maximum atomic E-state index is 12.2. The second-order valence-electron chi connectivity index (χ2n) is 5.57. The number of amides is 1. The molecule has 0 aliphatic heterocycles. The van der Waals surface area contributed by atoms with Crippen molar-refractivity contribution in [2.75, 3.05) is 0 Å². The van der Waals surface area contributed by atoms with Crippen molar-refractivity contribution in [3.05, 3.63) is 70.4 Å². The van der Waals surface area contributed by atoms with Crippen molar-refractivity contribution in [1.29, 1.82) is 0 Å². The summed E-state index contributed by atoms with van der Waals surface area (Å²) in [6.07, 6.45) is 1.54. The summed E-state index contributed by atoms with van der Waals surface area (Å²) in [5.74, 6) is 1.27. The third kappa shape index (κ3) is 4.03. The second kappa shape index (κ2) is 7.44. The summed E-state index contributed by atoms with van der Waals surface area (Å²) in [5.41, 5.74) is 1.77. The van der Waals surface area contributed by atoms with Crippen molar-refractivity contribution >= 4 is 17.5 Å². The van der Waals surface area contributed by atoms with Crippen molar-refractivity contribution in [3.8, 4) is 5.75 Å². The van der Waals surface area contributed by atoms with Crippen LogP contribution in [0.2, 0.25) is 5.02 Å². The lowest BCUT2D eigenvalue weighted by atomic mass is 10.2. The monoisotopic (exact) mass is 359 g/mol. The van der Waals surface area contributed by atoms with E-state index in [1.807, 2.05) is 31.2 Å². The van der Waals surface area contributed by atoms with Crippen LogP contribution < -0.4 is 10.1 Å². The van der Waals surface area contributed by atoms with Gasteiger partial charge in [0.2, 0.25) is 0 Å². The molecule has 2 heterocycles. The average Bonchev–Trinajstić information content (AvgIpc) is 3.20. The number of nitrogens with zero attached hydrogens (tertiary/aromatic N) is 2. The first-order valence-electron chi connectivity index (χ1n) is 7.76. The van der Waals surface area contributed by atoms with E-state index in [9.17, 15) is 4.79 Å². The van der Waals surface area contributed by atoms with Crippen molar-refractivity contribution in [2.45, 2.75) is 20.1 Å². The molecule has 7 heteroatoms. The number of nitrogens with one attached hydrogen (secondary N) is 1. The molecule has 130 valence electrons. The van der Waals surface area contributed by atoms with Crippen LogP contribution in [0.4, 0.5) is 0 Å². The van der Waals surface area contributed by atoms with Crippen LogP contribution in [0.15, 0.2) is 47.0 Å². The quantitative estimate of drug-likeness (QED) is 0.731. The Morgan fingerprint density at radius 3 is 2.84 bits per heavy atom. The number of hydrogen-bond donors (Lipinski definition) is 1. The van der Waals surface area contributed by atoms with Gasteiger partial charge in [-0.2, -0.15) is 5.10 Å². The van der Waals surface area contributed by atoms with Gasteiger partial charge in [0.15, 0.2) is 5.76 Å². The SMILES string of the molecule is Cc1ccccc1OCc1ccc(C(=O)NCc2c(Cl)cnn2C)o1. The number of furan rings is 1. The van der Waals surface area contributed by atoms with E-state index >= 15 is 0 Å². The number of halogens is 1. The fourth-order valence-corrected chi connectivity index (χ4v) is 2.56. The van der Waals surface area contributed by atoms with Gasteiger partial charge in [-0.1, -0.05) is 29.8 Å². The highest BCUT2D eigenvalue weighted by atomic mass is 35.5. The van der Waals surface area contributed by atoms with E-state index in [4.69, 9.17) is 20.8 Å². The topological polar surface area (TPSA) is 69.3 Å². The third-order valence-corrected chi connectivity index (χ3v) is 4.09. The molecule has 0 bridgehead atoms. The predicted molar refractivity (Wildman–Crippen MR) is 93.6 cm³/mol. The molecule has 2 aromatic heterocycles. The maximum absolute atomic E-state index is 12.2. The van der Waals surface area contributed by atoms with Gasteiger partial charge in [-0.3, -0.25) is 9.48 Å². The summed E-state index contributed by atoms with van der Waals surface area (Å²) in [6, 6.07) is 11.1. The standard InChI is InChI=1S/C18H18ClN3O3/c1-12-5-3-4-6-16(12)24-11-13-7-8-17(25-13)18(23)20-10-15-14(19)9-21-22(15)2/h3-9H,10-11H2,1-2H3,(H,20,23). The Kier molecular flexibility index (Phi) is 5.09. The van der Waals surface area contributed by atoms with Crippen LogP contribution in [0.5, 0.6) is 5.75 Å². The van der Waals surface area contributed by atoms with Gasteiger partial charge in [0.25, 0.3) is 5.91 Å². The van der Waals surface area contributed by atoms with Crippen molar-refractivity contribution in [1.82, 2.24) is 15.1 Å². The average molecular weight is 360 g/mol. The van der Waals surface area contributed by atoms with Gasteiger partial charge in [0.1, 0.15) is 18.1 Å². The number of hydrogen-bond acceptors (Lipinski definition) is 4. The second-order valence-corrected chi connectivity index (χ2v) is 5.97. The summed E-state index contributed by atoms with van der Waals surface area (Å²) in [4.78, 5) is 12.2. The fraction of sp³-hybridized carbons (Fsp3) is 0.222. The van der Waals surface area contributed by atoms with Gasteiger partial charge in [-0.15, -0.1) is 0 Å². The molecule has 0 unspecified atom stereocenters. The molecule has 0 fully saturated rings. The molecule has 0 atom stereocenters. The van der Waals surface area contributed by atoms with Gasteiger partial charge in [0.05, 0.1) is 23.5 Å². The minimum absolute atomic E-state index is 0.224. The number of rotatable bonds is 6. The minimum Gasteiger partial charge on any atom is -0.485 e. The summed E-state index contributed by atoms with van der Waals surface area (Å²) < 4.78 is 12.9. The molecule has 3 aromatic rings. The Morgan fingerprint density at radius 1 is 1.32 bits per heavy atom. The Balaban J connectivity index is 1.57. The summed E-state index contributed by atoms with van der Waals surface area (Å²) in [6.45, 7) is 2.50. The minimum atomic E-state index is -0.320. The van der Waals surface area contributed by atoms with Crippen LogP contribution in [-0.2, 0) is 20.2 Å². The van der Waals surface area contributed by atoms with E-state index in [1.165, 1.54) is 6.20 Å². The van der Waals surface area contributed by atoms with Crippen molar-refractivity contribution < 1.29 is 13.9 Å². The first kappa shape index (κ1) is 17.1. The fourth-order valence-electron chi connectivity index (χ4n) is 2.33. The highest BCUT2D eigenvalue weighted by molar-refractivity contribution is 6.31. The zero-order valence-electron chi connectivity index (χ0n) is 14.0. The van der Waals surface area contributed by atoms with Gasteiger partial charge in [-0.25, -0.2) is 0 Å². The van der Waals surface area contributed by atoms with Crippen LogP contribution in [0, 0.1) is 6.92 Å². The van der Waals surface area contributed by atoms with E-state index < -0.39 is 0 Å². The van der Waals surface area contributed by atoms with Crippen molar-refractivity contribution in [3.63, 3.8) is 0 Å². The summed E-state index contributed by atoms with van der Waals surface area (Å²) >= 11 is 6.02. The molecule has 0 spiro atoms. The van der Waals surface area contributed by atoms with Gasteiger partial charge in [-0.05, 0) is 30.7 Å². The summed E-state index contributed by atoms with van der Waals surface area (Å²) in [7, 11) is 1.77. The van der Waals surface area contributed by atoms with E-state index in [0.29, 0.717) is 10.8 Å². The molecule has 1 aromatic carbocycles. The lowest BCUT2D eigenvalue weighted by Crippen LogP contribution is -2.23. The number of carbonyl (C=O) groups excluding carboxylic acids is 1. The number of aromatic nitrogens is 2. The number of carbonyl (C=O) groups is 1. The largest absolute Gasteiger partial charge is 0.485 e.